The molecule has 14 heavy (non-hydrogen) atoms. The van der Waals surface area contributed by atoms with Gasteiger partial charge in [-0.3, -0.25) is 5.84 Å². The summed E-state index contributed by atoms with van der Waals surface area (Å²) in [6.45, 7) is 1.16. The summed E-state index contributed by atoms with van der Waals surface area (Å²) in [6, 6.07) is 5.53. The smallest absolute Gasteiger partial charge is 0.161 e. The van der Waals surface area contributed by atoms with Gasteiger partial charge in [0.05, 0.1) is 6.17 Å². The van der Waals surface area contributed by atoms with Crippen molar-refractivity contribution in [3.63, 3.8) is 0 Å². The molecule has 1 atom stereocenters. The molecule has 1 aliphatic heterocycles. The van der Waals surface area contributed by atoms with Crippen LogP contribution < -0.4 is 26.5 Å². The SMILES string of the molecule is NNC(N)c1ccc2c(c1)OCCO2. The molecular weight excluding hydrogens is 182 g/mol. The quantitative estimate of drug-likeness (QED) is 0.348. The first kappa shape index (κ1) is 9.26. The Kier molecular flexibility index (Phi) is 2.53. The second-order valence-electron chi connectivity index (χ2n) is 3.05. The highest BCUT2D eigenvalue weighted by Crippen LogP contribution is 2.31. The third kappa shape index (κ3) is 1.65. The molecule has 0 aromatic heterocycles. The zero-order valence-electron chi connectivity index (χ0n) is 7.69. The Morgan fingerprint density at radius 2 is 1.93 bits per heavy atom. The average molecular weight is 195 g/mol. The molecule has 76 valence electrons. The molecule has 2 rings (SSSR count). The lowest BCUT2D eigenvalue weighted by Gasteiger charge is -2.20. The molecule has 1 aliphatic rings. The van der Waals surface area contributed by atoms with Crippen molar-refractivity contribution in [2.75, 3.05) is 13.2 Å². The average Bonchev–Trinajstić information content (AvgIpc) is 2.27. The maximum Gasteiger partial charge on any atom is 0.161 e. The summed E-state index contributed by atoms with van der Waals surface area (Å²) in [7, 11) is 0. The van der Waals surface area contributed by atoms with Gasteiger partial charge in [-0.1, -0.05) is 6.07 Å². The molecule has 0 radical (unpaired) electrons. The maximum atomic E-state index is 5.69. The van der Waals surface area contributed by atoms with Crippen LogP contribution in [-0.2, 0) is 0 Å². The van der Waals surface area contributed by atoms with E-state index in [9.17, 15) is 0 Å². The van der Waals surface area contributed by atoms with E-state index >= 15 is 0 Å². The minimum absolute atomic E-state index is 0.383. The minimum Gasteiger partial charge on any atom is -0.486 e. The Labute approximate surface area is 81.9 Å². The van der Waals surface area contributed by atoms with Gasteiger partial charge in [-0.15, -0.1) is 0 Å². The minimum atomic E-state index is -0.383. The molecule has 5 heteroatoms. The Morgan fingerprint density at radius 1 is 1.21 bits per heavy atom. The first-order valence-corrected chi connectivity index (χ1v) is 4.42. The van der Waals surface area contributed by atoms with Gasteiger partial charge in [-0.2, -0.15) is 0 Å². The highest BCUT2D eigenvalue weighted by molar-refractivity contribution is 5.44. The van der Waals surface area contributed by atoms with Crippen LogP contribution in [0.4, 0.5) is 0 Å². The van der Waals surface area contributed by atoms with Crippen molar-refractivity contribution in [3.8, 4) is 11.5 Å². The lowest BCUT2D eigenvalue weighted by atomic mass is 10.1. The number of hydrogen-bond acceptors (Lipinski definition) is 5. The predicted molar refractivity (Wildman–Crippen MR) is 51.7 cm³/mol. The van der Waals surface area contributed by atoms with Gasteiger partial charge in [-0.25, -0.2) is 5.43 Å². The summed E-state index contributed by atoms with van der Waals surface area (Å²) in [5.41, 5.74) is 9.04. The van der Waals surface area contributed by atoms with E-state index in [0.717, 1.165) is 17.1 Å². The van der Waals surface area contributed by atoms with E-state index < -0.39 is 0 Å². The summed E-state index contributed by atoms with van der Waals surface area (Å²) in [4.78, 5) is 0. The number of benzene rings is 1. The third-order valence-electron chi connectivity index (χ3n) is 2.10. The van der Waals surface area contributed by atoms with E-state index in [-0.39, 0.29) is 6.17 Å². The molecule has 5 N–H and O–H groups in total. The fourth-order valence-electron chi connectivity index (χ4n) is 1.35. The van der Waals surface area contributed by atoms with E-state index in [1.54, 1.807) is 0 Å². The highest BCUT2D eigenvalue weighted by atomic mass is 16.6. The van der Waals surface area contributed by atoms with Gasteiger partial charge in [-0.05, 0) is 17.7 Å². The maximum absolute atomic E-state index is 5.69. The van der Waals surface area contributed by atoms with Crippen LogP contribution in [0.25, 0.3) is 0 Å². The normalized spacial score (nSPS) is 16.4. The number of rotatable bonds is 2. The lowest BCUT2D eigenvalue weighted by molar-refractivity contribution is 0.171. The Morgan fingerprint density at radius 3 is 2.64 bits per heavy atom. The van der Waals surface area contributed by atoms with Crippen LogP contribution >= 0.6 is 0 Å². The van der Waals surface area contributed by atoms with Crippen LogP contribution in [0.5, 0.6) is 11.5 Å². The van der Waals surface area contributed by atoms with Gasteiger partial charge in [0.1, 0.15) is 13.2 Å². The number of hydrazine groups is 1. The van der Waals surface area contributed by atoms with Gasteiger partial charge in [0, 0.05) is 0 Å². The highest BCUT2D eigenvalue weighted by Gasteiger charge is 2.13. The fraction of sp³-hybridized carbons (Fsp3) is 0.333. The van der Waals surface area contributed by atoms with Gasteiger partial charge < -0.3 is 15.2 Å². The third-order valence-corrected chi connectivity index (χ3v) is 2.10. The molecule has 0 fully saturated rings. The first-order chi connectivity index (χ1) is 6.81. The van der Waals surface area contributed by atoms with Crippen molar-refractivity contribution in [3.05, 3.63) is 23.8 Å². The van der Waals surface area contributed by atoms with Crippen LogP contribution in [0.1, 0.15) is 11.7 Å². The Bertz CT molecular complexity index is 330. The molecule has 0 aliphatic carbocycles. The molecule has 0 bridgehead atoms. The van der Waals surface area contributed by atoms with Gasteiger partial charge in [0.25, 0.3) is 0 Å². The van der Waals surface area contributed by atoms with Gasteiger partial charge in [0.15, 0.2) is 11.5 Å². The molecular formula is C9H13N3O2. The number of nitrogens with one attached hydrogen (secondary N) is 1. The van der Waals surface area contributed by atoms with Gasteiger partial charge in [0.2, 0.25) is 0 Å². The van der Waals surface area contributed by atoms with Crippen molar-refractivity contribution in [2.24, 2.45) is 11.6 Å². The summed E-state index contributed by atoms with van der Waals surface area (Å²) < 4.78 is 10.8. The Hall–Kier alpha value is -1.30. The van der Waals surface area contributed by atoms with E-state index in [1.807, 2.05) is 18.2 Å². The van der Waals surface area contributed by atoms with Gasteiger partial charge >= 0.3 is 0 Å². The second kappa shape index (κ2) is 3.83. The van der Waals surface area contributed by atoms with Crippen molar-refractivity contribution in [2.45, 2.75) is 6.17 Å². The zero-order chi connectivity index (χ0) is 9.97. The van der Waals surface area contributed by atoms with E-state index in [4.69, 9.17) is 21.1 Å². The van der Waals surface area contributed by atoms with Crippen LogP contribution in [-0.4, -0.2) is 13.2 Å². The van der Waals surface area contributed by atoms with Crippen LogP contribution in [0.2, 0.25) is 0 Å². The summed E-state index contributed by atoms with van der Waals surface area (Å²) in [5.74, 6) is 6.71. The van der Waals surface area contributed by atoms with Crippen LogP contribution in [0, 0.1) is 0 Å². The number of hydrogen-bond donors (Lipinski definition) is 3. The zero-order valence-corrected chi connectivity index (χ0v) is 7.69. The standard InChI is InChI=1S/C9H13N3O2/c10-9(12-11)6-1-2-7-8(5-6)14-4-3-13-7/h1-2,5,9,12H,3-4,10-11H2. The lowest BCUT2D eigenvalue weighted by Crippen LogP contribution is -2.34. The molecule has 0 amide bonds. The Balaban J connectivity index is 2.29. The topological polar surface area (TPSA) is 82.5 Å². The molecule has 5 nitrogen and oxygen atoms in total. The predicted octanol–water partition coefficient (Wildman–Crippen LogP) is -0.122. The number of ether oxygens (including phenoxy) is 2. The second-order valence-corrected chi connectivity index (χ2v) is 3.05. The summed E-state index contributed by atoms with van der Waals surface area (Å²) in [6.07, 6.45) is -0.383. The van der Waals surface area contributed by atoms with E-state index in [0.29, 0.717) is 13.2 Å². The van der Waals surface area contributed by atoms with Crippen molar-refractivity contribution < 1.29 is 9.47 Å². The van der Waals surface area contributed by atoms with E-state index in [2.05, 4.69) is 5.43 Å². The molecule has 1 aromatic carbocycles. The van der Waals surface area contributed by atoms with Crippen molar-refractivity contribution >= 4 is 0 Å². The van der Waals surface area contributed by atoms with E-state index in [1.165, 1.54) is 0 Å². The molecule has 1 aromatic rings. The van der Waals surface area contributed by atoms with Crippen LogP contribution in [0.3, 0.4) is 0 Å². The number of nitrogens with two attached hydrogens (primary N) is 2. The number of fused-ring (bicyclic) bond motifs is 1. The molecule has 0 saturated carbocycles. The van der Waals surface area contributed by atoms with Crippen molar-refractivity contribution in [1.29, 1.82) is 0 Å². The monoisotopic (exact) mass is 195 g/mol. The molecule has 0 spiro atoms. The molecule has 1 unspecified atom stereocenters. The first-order valence-electron chi connectivity index (χ1n) is 4.42. The molecule has 1 heterocycles. The summed E-state index contributed by atoms with van der Waals surface area (Å²) in [5, 5.41) is 0. The molecule has 0 saturated heterocycles. The van der Waals surface area contributed by atoms with Crippen molar-refractivity contribution in [1.82, 2.24) is 5.43 Å². The van der Waals surface area contributed by atoms with Crippen LogP contribution in [0.15, 0.2) is 18.2 Å². The summed E-state index contributed by atoms with van der Waals surface area (Å²) >= 11 is 0. The largest absolute Gasteiger partial charge is 0.486 e. The fourth-order valence-corrected chi connectivity index (χ4v) is 1.35.